The van der Waals surface area contributed by atoms with Crippen LogP contribution in [0.1, 0.15) is 17.3 Å². The lowest BCUT2D eigenvalue weighted by molar-refractivity contribution is 0.0788. The standard InChI is InChI=1S/C12H16N2OS2/c1-3-14(8-11(13)16)12(15)9-4-6-10(17-2)7-5-9/h4-7H,3,8H2,1-2H3,(H2,13,16). The number of amides is 1. The van der Waals surface area contributed by atoms with Crippen LogP contribution in [0.3, 0.4) is 0 Å². The summed E-state index contributed by atoms with van der Waals surface area (Å²) in [6.07, 6.45) is 2.00. The molecular formula is C12H16N2OS2. The number of benzene rings is 1. The molecular weight excluding hydrogens is 252 g/mol. The van der Waals surface area contributed by atoms with Crippen LogP contribution in [0, 0.1) is 0 Å². The highest BCUT2D eigenvalue weighted by molar-refractivity contribution is 7.98. The third kappa shape index (κ3) is 4.02. The van der Waals surface area contributed by atoms with Gasteiger partial charge >= 0.3 is 0 Å². The third-order valence-corrected chi connectivity index (χ3v) is 3.23. The van der Waals surface area contributed by atoms with Gasteiger partial charge in [-0.25, -0.2) is 0 Å². The number of carbonyl (C=O) groups excluding carboxylic acids is 1. The first-order chi connectivity index (χ1) is 8.08. The van der Waals surface area contributed by atoms with E-state index in [0.29, 0.717) is 23.6 Å². The average Bonchev–Trinajstić information content (AvgIpc) is 2.35. The molecule has 0 aliphatic heterocycles. The molecule has 0 atom stereocenters. The van der Waals surface area contributed by atoms with Crippen LogP contribution >= 0.6 is 24.0 Å². The lowest BCUT2D eigenvalue weighted by atomic mass is 10.2. The summed E-state index contributed by atoms with van der Waals surface area (Å²) < 4.78 is 0. The van der Waals surface area contributed by atoms with Crippen molar-refractivity contribution < 1.29 is 4.79 Å². The summed E-state index contributed by atoms with van der Waals surface area (Å²) in [5.74, 6) is -0.0343. The Morgan fingerprint density at radius 1 is 1.41 bits per heavy atom. The molecule has 1 amide bonds. The highest BCUT2D eigenvalue weighted by atomic mass is 32.2. The van der Waals surface area contributed by atoms with Crippen LogP contribution in [0.2, 0.25) is 0 Å². The maximum Gasteiger partial charge on any atom is 0.254 e. The first kappa shape index (κ1) is 14.0. The maximum atomic E-state index is 12.1. The highest BCUT2D eigenvalue weighted by Crippen LogP contribution is 2.15. The molecule has 0 aliphatic carbocycles. The van der Waals surface area contributed by atoms with E-state index in [4.69, 9.17) is 18.0 Å². The van der Waals surface area contributed by atoms with E-state index in [1.807, 2.05) is 37.4 Å². The normalized spacial score (nSPS) is 10.0. The van der Waals surface area contributed by atoms with Crippen molar-refractivity contribution in [1.29, 1.82) is 0 Å². The molecule has 1 aromatic carbocycles. The number of thioether (sulfide) groups is 1. The summed E-state index contributed by atoms with van der Waals surface area (Å²) in [4.78, 5) is 15.2. The Hall–Kier alpha value is -1.07. The summed E-state index contributed by atoms with van der Waals surface area (Å²) >= 11 is 6.48. The number of likely N-dealkylation sites (N-methyl/N-ethyl adjacent to an activating group) is 1. The van der Waals surface area contributed by atoms with Gasteiger partial charge in [0.05, 0.1) is 11.5 Å². The van der Waals surface area contributed by atoms with Gasteiger partial charge in [-0.05, 0) is 37.4 Å². The van der Waals surface area contributed by atoms with Gasteiger partial charge in [-0.1, -0.05) is 12.2 Å². The zero-order valence-corrected chi connectivity index (χ0v) is 11.6. The smallest absolute Gasteiger partial charge is 0.254 e. The zero-order valence-electron chi connectivity index (χ0n) is 9.97. The SMILES string of the molecule is CCN(CC(N)=S)C(=O)c1ccc(SC)cc1. The Bertz CT molecular complexity index is 403. The van der Waals surface area contributed by atoms with E-state index in [1.54, 1.807) is 16.7 Å². The summed E-state index contributed by atoms with van der Waals surface area (Å²) in [5.41, 5.74) is 6.13. The fourth-order valence-corrected chi connectivity index (χ4v) is 2.00. The molecule has 0 radical (unpaired) electrons. The largest absolute Gasteiger partial charge is 0.392 e. The Morgan fingerprint density at radius 2 is 2.00 bits per heavy atom. The molecule has 17 heavy (non-hydrogen) atoms. The van der Waals surface area contributed by atoms with Gasteiger partial charge in [-0.3, -0.25) is 4.79 Å². The number of rotatable bonds is 5. The first-order valence-electron chi connectivity index (χ1n) is 5.30. The molecule has 0 unspecified atom stereocenters. The maximum absolute atomic E-state index is 12.1. The second-order valence-corrected chi connectivity index (χ2v) is 4.92. The van der Waals surface area contributed by atoms with Crippen molar-refractivity contribution >= 4 is 34.9 Å². The third-order valence-electron chi connectivity index (χ3n) is 2.35. The van der Waals surface area contributed by atoms with Crippen LogP contribution in [0.15, 0.2) is 29.2 Å². The monoisotopic (exact) mass is 268 g/mol. The van der Waals surface area contributed by atoms with Gasteiger partial charge in [0.2, 0.25) is 0 Å². The second kappa shape index (κ2) is 6.61. The van der Waals surface area contributed by atoms with Crippen LogP contribution in [-0.2, 0) is 0 Å². The Kier molecular flexibility index (Phi) is 5.44. The number of thiocarbonyl (C=S) groups is 1. The molecule has 0 fully saturated rings. The number of hydrogen-bond acceptors (Lipinski definition) is 3. The molecule has 0 heterocycles. The van der Waals surface area contributed by atoms with E-state index in [0.717, 1.165) is 4.90 Å². The zero-order chi connectivity index (χ0) is 12.8. The second-order valence-electron chi connectivity index (χ2n) is 3.51. The minimum Gasteiger partial charge on any atom is -0.392 e. The molecule has 1 rings (SSSR count). The minimum absolute atomic E-state index is 0.0343. The average molecular weight is 268 g/mol. The molecule has 5 heteroatoms. The van der Waals surface area contributed by atoms with Crippen molar-refractivity contribution in [3.8, 4) is 0 Å². The number of carbonyl (C=O) groups is 1. The summed E-state index contributed by atoms with van der Waals surface area (Å²) in [5, 5.41) is 0. The topological polar surface area (TPSA) is 46.3 Å². The molecule has 3 nitrogen and oxygen atoms in total. The van der Waals surface area contributed by atoms with E-state index < -0.39 is 0 Å². The van der Waals surface area contributed by atoms with Crippen molar-refractivity contribution in [2.24, 2.45) is 5.73 Å². The van der Waals surface area contributed by atoms with E-state index in [9.17, 15) is 4.79 Å². The predicted octanol–water partition coefficient (Wildman–Crippen LogP) is 2.16. The van der Waals surface area contributed by atoms with E-state index >= 15 is 0 Å². The van der Waals surface area contributed by atoms with Gasteiger partial charge in [0.15, 0.2) is 0 Å². The van der Waals surface area contributed by atoms with Gasteiger partial charge in [-0.2, -0.15) is 0 Å². The highest BCUT2D eigenvalue weighted by Gasteiger charge is 2.14. The van der Waals surface area contributed by atoms with Gasteiger partial charge in [0.25, 0.3) is 5.91 Å². The van der Waals surface area contributed by atoms with Gasteiger partial charge in [0.1, 0.15) is 0 Å². The quantitative estimate of drug-likeness (QED) is 0.656. The lowest BCUT2D eigenvalue weighted by Gasteiger charge is -2.20. The lowest BCUT2D eigenvalue weighted by Crippen LogP contribution is -2.37. The van der Waals surface area contributed by atoms with Crippen molar-refractivity contribution in [3.63, 3.8) is 0 Å². The van der Waals surface area contributed by atoms with Crippen molar-refractivity contribution in [3.05, 3.63) is 29.8 Å². The molecule has 0 aliphatic rings. The van der Waals surface area contributed by atoms with Crippen LogP contribution in [0.25, 0.3) is 0 Å². The fraction of sp³-hybridized carbons (Fsp3) is 0.333. The van der Waals surface area contributed by atoms with Gasteiger partial charge in [0, 0.05) is 17.0 Å². The first-order valence-corrected chi connectivity index (χ1v) is 6.93. The van der Waals surface area contributed by atoms with E-state index in [-0.39, 0.29) is 5.91 Å². The predicted molar refractivity (Wildman–Crippen MR) is 76.6 cm³/mol. The summed E-state index contributed by atoms with van der Waals surface area (Å²) in [6, 6.07) is 7.53. The number of hydrogen-bond donors (Lipinski definition) is 1. The summed E-state index contributed by atoms with van der Waals surface area (Å²) in [6.45, 7) is 2.84. The van der Waals surface area contributed by atoms with E-state index in [1.165, 1.54) is 0 Å². The molecule has 0 aromatic heterocycles. The Morgan fingerprint density at radius 3 is 2.41 bits per heavy atom. The van der Waals surface area contributed by atoms with E-state index in [2.05, 4.69) is 0 Å². The molecule has 0 spiro atoms. The van der Waals surface area contributed by atoms with Crippen molar-refractivity contribution in [1.82, 2.24) is 4.90 Å². The fourth-order valence-electron chi connectivity index (χ4n) is 1.43. The Labute approximate surface area is 111 Å². The molecule has 0 bridgehead atoms. The van der Waals surface area contributed by atoms with Crippen LogP contribution in [0.4, 0.5) is 0 Å². The van der Waals surface area contributed by atoms with Gasteiger partial charge < -0.3 is 10.6 Å². The Balaban J connectivity index is 2.82. The molecule has 92 valence electrons. The minimum atomic E-state index is -0.0343. The molecule has 2 N–H and O–H groups in total. The van der Waals surface area contributed by atoms with Gasteiger partial charge in [-0.15, -0.1) is 11.8 Å². The number of nitrogens with two attached hydrogens (primary N) is 1. The molecule has 0 saturated heterocycles. The van der Waals surface area contributed by atoms with Crippen LogP contribution < -0.4 is 5.73 Å². The van der Waals surface area contributed by atoms with Crippen molar-refractivity contribution in [2.75, 3.05) is 19.3 Å². The number of nitrogens with zero attached hydrogens (tertiary/aromatic N) is 1. The van der Waals surface area contributed by atoms with Crippen molar-refractivity contribution in [2.45, 2.75) is 11.8 Å². The van der Waals surface area contributed by atoms with Crippen LogP contribution in [-0.4, -0.2) is 35.1 Å². The van der Waals surface area contributed by atoms with Crippen LogP contribution in [0.5, 0.6) is 0 Å². The molecule has 1 aromatic rings. The molecule has 0 saturated carbocycles. The summed E-state index contributed by atoms with van der Waals surface area (Å²) in [7, 11) is 0.